The molecule has 0 unspecified atom stereocenters. The number of aromatic nitrogens is 1. The summed E-state index contributed by atoms with van der Waals surface area (Å²) in [4.78, 5) is 45.7. The quantitative estimate of drug-likeness (QED) is 0.721. The second kappa shape index (κ2) is 7.93. The lowest BCUT2D eigenvalue weighted by molar-refractivity contribution is -0.119. The van der Waals surface area contributed by atoms with Gasteiger partial charge in [-0.1, -0.05) is 0 Å². The van der Waals surface area contributed by atoms with Crippen LogP contribution in [0.5, 0.6) is 5.75 Å². The third-order valence-corrected chi connectivity index (χ3v) is 6.34. The van der Waals surface area contributed by atoms with Crippen LogP contribution in [-0.4, -0.2) is 59.6 Å². The minimum absolute atomic E-state index is 0.0106. The smallest absolute Gasteiger partial charge is 0.257 e. The van der Waals surface area contributed by atoms with Crippen molar-refractivity contribution in [1.29, 1.82) is 0 Å². The number of nitrogens with one attached hydrogen (secondary N) is 1. The lowest BCUT2D eigenvalue weighted by Crippen LogP contribution is -2.42. The van der Waals surface area contributed by atoms with Gasteiger partial charge in [0, 0.05) is 38.0 Å². The number of amides is 2. The van der Waals surface area contributed by atoms with E-state index in [1.165, 1.54) is 0 Å². The molecule has 2 aliphatic heterocycles. The highest BCUT2D eigenvalue weighted by atomic mass is 16.5. The molecule has 8 nitrogen and oxygen atoms in total. The highest BCUT2D eigenvalue weighted by molar-refractivity contribution is 6.04. The number of fused-ring (bicyclic) bond motifs is 1. The number of pyridine rings is 1. The lowest BCUT2D eigenvalue weighted by Gasteiger charge is -2.31. The summed E-state index contributed by atoms with van der Waals surface area (Å²) in [5.74, 6) is 0.744. The van der Waals surface area contributed by atoms with E-state index < -0.39 is 0 Å². The summed E-state index contributed by atoms with van der Waals surface area (Å²) in [6.07, 6.45) is 3.21. The second-order valence-corrected chi connectivity index (χ2v) is 8.75. The van der Waals surface area contributed by atoms with Gasteiger partial charge in [0.05, 0.1) is 42.0 Å². The van der Waals surface area contributed by atoms with Crippen LogP contribution in [0.1, 0.15) is 51.4 Å². The molecule has 1 saturated carbocycles. The van der Waals surface area contributed by atoms with Gasteiger partial charge in [-0.25, -0.2) is 0 Å². The number of ketones is 1. The number of carbonyl (C=O) groups is 3. The van der Waals surface area contributed by atoms with Gasteiger partial charge in [-0.2, -0.15) is 0 Å². The predicted molar refractivity (Wildman–Crippen MR) is 118 cm³/mol. The van der Waals surface area contributed by atoms with Crippen LogP contribution in [0.2, 0.25) is 0 Å². The van der Waals surface area contributed by atoms with Gasteiger partial charge in [0.1, 0.15) is 11.5 Å². The summed E-state index contributed by atoms with van der Waals surface area (Å²) in [7, 11) is 3.29. The molecule has 0 radical (unpaired) electrons. The van der Waals surface area contributed by atoms with Gasteiger partial charge >= 0.3 is 0 Å². The Kier molecular flexibility index (Phi) is 5.07. The molecule has 8 heteroatoms. The van der Waals surface area contributed by atoms with Crippen molar-refractivity contribution in [2.75, 3.05) is 32.6 Å². The minimum Gasteiger partial charge on any atom is -0.495 e. The maximum absolute atomic E-state index is 12.8. The van der Waals surface area contributed by atoms with E-state index in [9.17, 15) is 14.4 Å². The number of carbonyl (C=O) groups excluding carboxylic acids is 3. The van der Waals surface area contributed by atoms with E-state index in [2.05, 4.69) is 10.3 Å². The Labute approximate surface area is 186 Å². The van der Waals surface area contributed by atoms with Crippen LogP contribution >= 0.6 is 0 Å². The number of methoxy groups -OCH3 is 1. The van der Waals surface area contributed by atoms with Crippen molar-refractivity contribution in [3.63, 3.8) is 0 Å². The van der Waals surface area contributed by atoms with E-state index in [1.807, 2.05) is 0 Å². The topological polar surface area (TPSA) is 91.8 Å². The van der Waals surface area contributed by atoms with Crippen LogP contribution in [0.15, 0.2) is 24.3 Å². The summed E-state index contributed by atoms with van der Waals surface area (Å²) in [6, 6.07) is 7.06. The first kappa shape index (κ1) is 20.5. The summed E-state index contributed by atoms with van der Waals surface area (Å²) < 4.78 is 5.54. The molecule has 1 saturated heterocycles. The van der Waals surface area contributed by atoms with E-state index in [4.69, 9.17) is 4.74 Å². The first-order chi connectivity index (χ1) is 15.4. The van der Waals surface area contributed by atoms with Crippen LogP contribution in [0.4, 0.5) is 11.4 Å². The molecule has 5 rings (SSSR count). The highest BCUT2D eigenvalue weighted by Gasteiger charge is 2.33. The predicted octanol–water partition coefficient (Wildman–Crippen LogP) is 2.79. The SMILES string of the molecule is COc1cc(C(=O)N2CCC2)ccc1Nc1cc(CC(=O)C2CC2)nc2c1C(=O)N(C)C2. The normalized spacial score (nSPS) is 17.1. The van der Waals surface area contributed by atoms with Gasteiger partial charge in [-0.05, 0) is 43.5 Å². The van der Waals surface area contributed by atoms with E-state index >= 15 is 0 Å². The Morgan fingerprint density at radius 1 is 1.19 bits per heavy atom. The van der Waals surface area contributed by atoms with Crippen LogP contribution < -0.4 is 10.1 Å². The molecule has 2 amide bonds. The Bertz CT molecular complexity index is 1120. The molecule has 0 atom stereocenters. The highest BCUT2D eigenvalue weighted by Crippen LogP contribution is 2.36. The molecular weight excluding hydrogens is 408 g/mol. The van der Waals surface area contributed by atoms with Gasteiger partial charge in [0.2, 0.25) is 0 Å². The maximum atomic E-state index is 12.8. The zero-order valence-electron chi connectivity index (χ0n) is 18.3. The zero-order valence-corrected chi connectivity index (χ0v) is 18.3. The van der Waals surface area contributed by atoms with Crippen molar-refractivity contribution in [2.45, 2.75) is 32.2 Å². The van der Waals surface area contributed by atoms with Crippen molar-refractivity contribution in [1.82, 2.24) is 14.8 Å². The average molecular weight is 434 g/mol. The molecule has 3 aliphatic rings. The molecule has 1 aromatic heterocycles. The fraction of sp³-hybridized carbons (Fsp3) is 0.417. The van der Waals surface area contributed by atoms with Crippen LogP contribution in [0.25, 0.3) is 0 Å². The Hall–Kier alpha value is -3.42. The molecule has 0 spiro atoms. The number of nitrogens with zero attached hydrogens (tertiary/aromatic N) is 3. The van der Waals surface area contributed by atoms with Gasteiger partial charge in [0.15, 0.2) is 0 Å². The number of hydrogen-bond acceptors (Lipinski definition) is 6. The molecule has 32 heavy (non-hydrogen) atoms. The van der Waals surface area contributed by atoms with Crippen LogP contribution in [0.3, 0.4) is 0 Å². The van der Waals surface area contributed by atoms with Crippen molar-refractivity contribution in [3.05, 3.63) is 46.8 Å². The molecule has 1 aromatic carbocycles. The Balaban J connectivity index is 1.47. The zero-order chi connectivity index (χ0) is 22.4. The summed E-state index contributed by atoms with van der Waals surface area (Å²) in [5, 5.41) is 3.31. The van der Waals surface area contributed by atoms with E-state index in [0.717, 1.165) is 32.4 Å². The van der Waals surface area contributed by atoms with E-state index in [0.29, 0.717) is 46.2 Å². The molecule has 1 aliphatic carbocycles. The fourth-order valence-corrected chi connectivity index (χ4v) is 4.19. The third kappa shape index (κ3) is 3.70. The number of hydrogen-bond donors (Lipinski definition) is 1. The average Bonchev–Trinajstić information content (AvgIpc) is 3.53. The van der Waals surface area contributed by atoms with Crippen LogP contribution in [0, 0.1) is 5.92 Å². The van der Waals surface area contributed by atoms with E-state index in [1.54, 1.807) is 48.2 Å². The molecule has 166 valence electrons. The number of Topliss-reactive ketones (excluding diaryl/α,β-unsaturated/α-hetero) is 1. The number of benzene rings is 1. The first-order valence-electron chi connectivity index (χ1n) is 11.0. The van der Waals surface area contributed by atoms with E-state index in [-0.39, 0.29) is 29.9 Å². The largest absolute Gasteiger partial charge is 0.495 e. The maximum Gasteiger partial charge on any atom is 0.257 e. The number of rotatable bonds is 7. The van der Waals surface area contributed by atoms with Crippen molar-refractivity contribution < 1.29 is 19.1 Å². The number of ether oxygens (including phenoxy) is 1. The molecule has 1 N–H and O–H groups in total. The van der Waals surface area contributed by atoms with Gasteiger partial charge < -0.3 is 19.9 Å². The number of likely N-dealkylation sites (tertiary alicyclic amines) is 1. The third-order valence-electron chi connectivity index (χ3n) is 6.34. The van der Waals surface area contributed by atoms with Crippen molar-refractivity contribution in [3.8, 4) is 5.75 Å². The number of anilines is 2. The summed E-state index contributed by atoms with van der Waals surface area (Å²) >= 11 is 0. The fourth-order valence-electron chi connectivity index (χ4n) is 4.19. The van der Waals surface area contributed by atoms with Gasteiger partial charge in [0.25, 0.3) is 11.8 Å². The molecule has 2 fully saturated rings. The lowest BCUT2D eigenvalue weighted by atomic mass is 10.1. The monoisotopic (exact) mass is 434 g/mol. The van der Waals surface area contributed by atoms with Crippen molar-refractivity contribution >= 4 is 29.0 Å². The van der Waals surface area contributed by atoms with Crippen molar-refractivity contribution in [2.24, 2.45) is 5.92 Å². The molecule has 2 aromatic rings. The summed E-state index contributed by atoms with van der Waals surface area (Å²) in [5.41, 5.74) is 3.65. The Morgan fingerprint density at radius 3 is 2.62 bits per heavy atom. The standard InChI is InChI=1S/C24H26N4O4/c1-27-13-19-22(24(27)31)18(11-16(25-19)12-20(29)14-4-5-14)26-17-7-6-15(10-21(17)32-2)23(30)28-8-3-9-28/h6-7,10-11,14H,3-5,8-9,12-13H2,1-2H3,(H,25,26). The molecule has 3 heterocycles. The molecular formula is C24H26N4O4. The molecule has 0 bridgehead atoms. The summed E-state index contributed by atoms with van der Waals surface area (Å²) in [6.45, 7) is 1.97. The minimum atomic E-state index is -0.112. The first-order valence-corrected chi connectivity index (χ1v) is 11.0. The van der Waals surface area contributed by atoms with Gasteiger partial charge in [-0.15, -0.1) is 0 Å². The Morgan fingerprint density at radius 2 is 1.97 bits per heavy atom. The van der Waals surface area contributed by atoms with Gasteiger partial charge in [-0.3, -0.25) is 19.4 Å². The van der Waals surface area contributed by atoms with Crippen LogP contribution in [-0.2, 0) is 17.8 Å². The second-order valence-electron chi connectivity index (χ2n) is 8.75.